The zero-order valence-electron chi connectivity index (χ0n) is 3.97. The van der Waals surface area contributed by atoms with Crippen LogP contribution in [0.3, 0.4) is 0 Å². The van der Waals surface area contributed by atoms with Crippen molar-refractivity contribution in [1.82, 2.24) is 0 Å². The van der Waals surface area contributed by atoms with Crippen molar-refractivity contribution in [2.75, 3.05) is 0 Å². The van der Waals surface area contributed by atoms with E-state index in [1.54, 1.807) is 0 Å². The summed E-state index contributed by atoms with van der Waals surface area (Å²) >= 11 is 0. The highest BCUT2D eigenvalue weighted by Gasteiger charge is 1.92. The van der Waals surface area contributed by atoms with Gasteiger partial charge in [-0.1, -0.05) is 0 Å². The highest BCUT2D eigenvalue weighted by Crippen LogP contribution is 1.91. The smallest absolute Gasteiger partial charge is 0.257 e. The summed E-state index contributed by atoms with van der Waals surface area (Å²) in [4.78, 5) is 9.71. The maximum absolute atomic E-state index is 11.1. The second-order valence-electron chi connectivity index (χ2n) is 1.10. The van der Waals surface area contributed by atoms with Crippen LogP contribution in [0.2, 0.25) is 0 Å². The van der Waals surface area contributed by atoms with Crippen LogP contribution in [0, 0.1) is 0 Å². The van der Waals surface area contributed by atoms with Crippen molar-refractivity contribution in [2.24, 2.45) is 5.73 Å². The zero-order valence-corrected chi connectivity index (χ0v) is 3.97. The Bertz CT molecular complexity index is 111. The molecule has 0 radical (unpaired) electrons. The Labute approximate surface area is 45.0 Å². The lowest BCUT2D eigenvalue weighted by molar-refractivity contribution is -0.113. The summed E-state index contributed by atoms with van der Waals surface area (Å²) in [5, 5.41) is 0. The minimum absolute atomic E-state index is 0.433. The normalized spacial score (nSPS) is 10.9. The molecule has 2 N–H and O–H groups in total. The molecule has 0 aliphatic carbocycles. The predicted octanol–water partition coefficient (Wildman–Crippen LogP) is 0.293. The van der Waals surface area contributed by atoms with Gasteiger partial charge in [-0.2, -0.15) is 0 Å². The molecule has 46 valence electrons. The molecule has 4 heteroatoms. The van der Waals surface area contributed by atoms with E-state index in [2.05, 4.69) is 5.73 Å². The van der Waals surface area contributed by atoms with E-state index in [1.165, 1.54) is 0 Å². The SMILES string of the molecule is NC(=O)C=CC(F)F. The summed E-state index contributed by atoms with van der Waals surface area (Å²) in [6.45, 7) is 0. The zero-order chi connectivity index (χ0) is 6.57. The number of carbonyl (C=O) groups is 1. The molecular weight excluding hydrogens is 116 g/mol. The molecule has 8 heavy (non-hydrogen) atoms. The first kappa shape index (κ1) is 7.07. The van der Waals surface area contributed by atoms with Gasteiger partial charge in [-0.25, -0.2) is 8.78 Å². The van der Waals surface area contributed by atoms with Gasteiger partial charge in [0.2, 0.25) is 5.91 Å². The third-order valence-electron chi connectivity index (χ3n) is 0.406. The van der Waals surface area contributed by atoms with Crippen LogP contribution < -0.4 is 5.73 Å². The monoisotopic (exact) mass is 121 g/mol. The third kappa shape index (κ3) is 5.07. The van der Waals surface area contributed by atoms with Crippen LogP contribution in [0.1, 0.15) is 0 Å². The first-order valence-corrected chi connectivity index (χ1v) is 1.88. The van der Waals surface area contributed by atoms with Gasteiger partial charge in [0.05, 0.1) is 0 Å². The quantitative estimate of drug-likeness (QED) is 0.524. The van der Waals surface area contributed by atoms with Crippen molar-refractivity contribution >= 4 is 5.91 Å². The third-order valence-corrected chi connectivity index (χ3v) is 0.406. The van der Waals surface area contributed by atoms with Crippen molar-refractivity contribution in [3.8, 4) is 0 Å². The number of alkyl halides is 2. The number of carbonyl (C=O) groups excluding carboxylic acids is 1. The highest BCUT2D eigenvalue weighted by atomic mass is 19.3. The number of amides is 1. The van der Waals surface area contributed by atoms with Crippen molar-refractivity contribution < 1.29 is 13.6 Å². The molecule has 0 aromatic carbocycles. The first-order valence-electron chi connectivity index (χ1n) is 1.88. The van der Waals surface area contributed by atoms with Gasteiger partial charge < -0.3 is 5.73 Å². The standard InChI is InChI=1S/C4H5F2NO/c5-3(6)1-2-4(7)8/h1-3H,(H2,7,8). The van der Waals surface area contributed by atoms with Crippen molar-refractivity contribution in [1.29, 1.82) is 0 Å². The number of hydrogen-bond donors (Lipinski definition) is 1. The van der Waals surface area contributed by atoms with Crippen molar-refractivity contribution in [3.05, 3.63) is 12.2 Å². The number of primary amides is 1. The fraction of sp³-hybridized carbons (Fsp3) is 0.250. The Morgan fingerprint density at radius 3 is 2.25 bits per heavy atom. The number of allylic oxidation sites excluding steroid dienone is 1. The predicted molar refractivity (Wildman–Crippen MR) is 24.3 cm³/mol. The first-order chi connectivity index (χ1) is 3.63. The lowest BCUT2D eigenvalue weighted by Crippen LogP contribution is -2.06. The molecule has 0 fully saturated rings. The molecule has 0 aliphatic heterocycles. The minimum atomic E-state index is -2.59. The second-order valence-corrected chi connectivity index (χ2v) is 1.10. The van der Waals surface area contributed by atoms with E-state index in [9.17, 15) is 13.6 Å². The molecule has 2 nitrogen and oxygen atoms in total. The van der Waals surface area contributed by atoms with Crippen LogP contribution in [-0.4, -0.2) is 12.3 Å². The maximum Gasteiger partial charge on any atom is 0.257 e. The topological polar surface area (TPSA) is 43.1 Å². The molecule has 0 saturated heterocycles. The number of halogens is 2. The average Bonchev–Trinajstić information content (AvgIpc) is 1.61. The molecule has 0 heterocycles. The van der Waals surface area contributed by atoms with E-state index in [0.717, 1.165) is 0 Å². The molecule has 0 aromatic rings. The minimum Gasteiger partial charge on any atom is -0.366 e. The number of hydrogen-bond acceptors (Lipinski definition) is 1. The van der Waals surface area contributed by atoms with Gasteiger partial charge in [-0.3, -0.25) is 4.79 Å². The Morgan fingerprint density at radius 1 is 1.62 bits per heavy atom. The van der Waals surface area contributed by atoms with Gasteiger partial charge in [0, 0.05) is 6.08 Å². The number of rotatable bonds is 2. The van der Waals surface area contributed by atoms with Crippen LogP contribution in [0.25, 0.3) is 0 Å². The van der Waals surface area contributed by atoms with E-state index in [-0.39, 0.29) is 0 Å². The largest absolute Gasteiger partial charge is 0.366 e. The maximum atomic E-state index is 11.1. The van der Waals surface area contributed by atoms with Crippen LogP contribution in [-0.2, 0) is 4.79 Å². The Balaban J connectivity index is 3.50. The van der Waals surface area contributed by atoms with Gasteiger partial charge in [-0.05, 0) is 6.08 Å². The van der Waals surface area contributed by atoms with Gasteiger partial charge in [0.25, 0.3) is 6.43 Å². The molecular formula is C4H5F2NO. The highest BCUT2D eigenvalue weighted by molar-refractivity contribution is 5.85. The summed E-state index contributed by atoms with van der Waals surface area (Å²) in [6, 6.07) is 0. The Morgan fingerprint density at radius 2 is 2.12 bits per heavy atom. The van der Waals surface area contributed by atoms with E-state index in [4.69, 9.17) is 0 Å². The molecule has 0 spiro atoms. The van der Waals surface area contributed by atoms with E-state index in [0.29, 0.717) is 12.2 Å². The molecule has 0 atom stereocenters. The molecule has 0 saturated carbocycles. The van der Waals surface area contributed by atoms with Gasteiger partial charge in [-0.15, -0.1) is 0 Å². The number of nitrogens with two attached hydrogens (primary N) is 1. The van der Waals surface area contributed by atoms with E-state index >= 15 is 0 Å². The molecule has 0 aliphatic rings. The van der Waals surface area contributed by atoms with Crippen molar-refractivity contribution in [2.45, 2.75) is 6.43 Å². The fourth-order valence-corrected chi connectivity index (χ4v) is 0.168. The Kier molecular flexibility index (Phi) is 2.76. The Hall–Kier alpha value is -0.930. The molecule has 0 aromatic heterocycles. The summed E-state index contributed by atoms with van der Waals surface area (Å²) in [5.74, 6) is -0.856. The van der Waals surface area contributed by atoms with Crippen molar-refractivity contribution in [3.63, 3.8) is 0 Å². The summed E-state index contributed by atoms with van der Waals surface area (Å²) in [7, 11) is 0. The summed E-state index contributed by atoms with van der Waals surface area (Å²) in [5.41, 5.74) is 4.48. The summed E-state index contributed by atoms with van der Waals surface area (Å²) < 4.78 is 22.2. The van der Waals surface area contributed by atoms with Crippen LogP contribution in [0.5, 0.6) is 0 Å². The van der Waals surface area contributed by atoms with E-state index < -0.39 is 12.3 Å². The van der Waals surface area contributed by atoms with Gasteiger partial charge in [0.1, 0.15) is 0 Å². The van der Waals surface area contributed by atoms with Crippen LogP contribution >= 0.6 is 0 Å². The molecule has 0 unspecified atom stereocenters. The lowest BCUT2D eigenvalue weighted by Gasteiger charge is -1.81. The van der Waals surface area contributed by atoms with Gasteiger partial charge >= 0.3 is 0 Å². The molecule has 1 amide bonds. The van der Waals surface area contributed by atoms with Crippen LogP contribution in [0.4, 0.5) is 8.78 Å². The van der Waals surface area contributed by atoms with Crippen LogP contribution in [0.15, 0.2) is 12.2 Å². The molecule has 0 bridgehead atoms. The molecule has 0 rings (SSSR count). The lowest BCUT2D eigenvalue weighted by atomic mass is 10.5. The summed E-state index contributed by atoms with van der Waals surface area (Å²) in [6.07, 6.45) is -1.53. The fourth-order valence-electron chi connectivity index (χ4n) is 0.168. The van der Waals surface area contributed by atoms with Gasteiger partial charge in [0.15, 0.2) is 0 Å². The average molecular weight is 121 g/mol. The van der Waals surface area contributed by atoms with E-state index in [1.807, 2.05) is 0 Å². The second kappa shape index (κ2) is 3.12.